The summed E-state index contributed by atoms with van der Waals surface area (Å²) in [7, 11) is 0. The average Bonchev–Trinajstić information content (AvgIpc) is 3.36. The summed E-state index contributed by atoms with van der Waals surface area (Å²) in [6.45, 7) is 7.02. The minimum Gasteiger partial charge on any atom is -0.339 e. The predicted molar refractivity (Wildman–Crippen MR) is 176 cm³/mol. The molecule has 0 atom stereocenters. The largest absolute Gasteiger partial charge is 0.339 e. The molecule has 0 spiro atoms. The van der Waals surface area contributed by atoms with Gasteiger partial charge in [0.25, 0.3) is 6.71 Å². The topological polar surface area (TPSA) is 11.4 Å². The van der Waals surface area contributed by atoms with E-state index in [0.717, 1.165) is 6.42 Å². The number of nitrogens with zero attached hydrogens (tertiary/aromatic N) is 3. The first kappa shape index (κ1) is 24.1. The molecule has 2 aliphatic rings. The van der Waals surface area contributed by atoms with E-state index in [4.69, 9.17) is 0 Å². The highest BCUT2D eigenvalue weighted by atomic mass is 15.2. The smallest absolute Gasteiger partial charge is 0.273 e. The van der Waals surface area contributed by atoms with Crippen LogP contribution in [0.1, 0.15) is 26.3 Å². The van der Waals surface area contributed by atoms with Crippen LogP contribution in [0.5, 0.6) is 0 Å². The van der Waals surface area contributed by atoms with E-state index in [1.165, 1.54) is 67.1 Å². The molecule has 0 saturated heterocycles. The fourth-order valence-electron chi connectivity index (χ4n) is 7.33. The van der Waals surface area contributed by atoms with Crippen molar-refractivity contribution in [1.82, 2.24) is 4.57 Å². The van der Waals surface area contributed by atoms with Gasteiger partial charge >= 0.3 is 0 Å². The predicted octanol–water partition coefficient (Wildman–Crippen LogP) is 7.35. The maximum absolute atomic E-state index is 2.59. The summed E-state index contributed by atoms with van der Waals surface area (Å²) in [5.74, 6) is 0. The van der Waals surface area contributed by atoms with E-state index in [2.05, 4.69) is 156 Å². The Morgan fingerprint density at radius 3 is 2.02 bits per heavy atom. The summed E-state index contributed by atoms with van der Waals surface area (Å²) in [5, 5.41) is 1.27. The Morgan fingerprint density at radius 2 is 1.29 bits per heavy atom. The van der Waals surface area contributed by atoms with Crippen molar-refractivity contribution in [2.75, 3.05) is 9.80 Å². The van der Waals surface area contributed by atoms with Crippen molar-refractivity contribution in [2.45, 2.75) is 33.2 Å². The van der Waals surface area contributed by atoms with Gasteiger partial charge in [-0.15, -0.1) is 0 Å². The minimum absolute atomic E-state index is 0.0975. The van der Waals surface area contributed by atoms with Crippen LogP contribution in [0.4, 0.5) is 28.4 Å². The lowest BCUT2D eigenvalue weighted by Gasteiger charge is -2.45. The summed E-state index contributed by atoms with van der Waals surface area (Å²) >= 11 is 0. The second-order valence-electron chi connectivity index (χ2n) is 11.4. The van der Waals surface area contributed by atoms with Crippen LogP contribution >= 0.6 is 0 Å². The fourth-order valence-corrected chi connectivity index (χ4v) is 7.33. The SMILES string of the molecule is CCc1cccc2c1N(C(C)C)c1cccc3c1B2c1c(c2ccccc2n1-c1ccccc1)N3c1ccccc1. The molecule has 41 heavy (non-hydrogen) atoms. The van der Waals surface area contributed by atoms with Crippen molar-refractivity contribution in [3.63, 3.8) is 0 Å². The number of aryl methyl sites for hydroxylation is 1. The van der Waals surface area contributed by atoms with Gasteiger partial charge < -0.3 is 14.4 Å². The summed E-state index contributed by atoms with van der Waals surface area (Å²) < 4.78 is 2.53. The first-order valence-corrected chi connectivity index (χ1v) is 14.8. The summed E-state index contributed by atoms with van der Waals surface area (Å²) in [6.07, 6.45) is 0.999. The molecule has 3 heterocycles. The molecule has 8 rings (SSSR count). The Morgan fingerprint density at radius 1 is 0.634 bits per heavy atom. The maximum atomic E-state index is 2.59. The molecule has 3 nitrogen and oxygen atoms in total. The van der Waals surface area contributed by atoms with Crippen molar-refractivity contribution in [3.8, 4) is 5.69 Å². The van der Waals surface area contributed by atoms with Gasteiger partial charge in [-0.3, -0.25) is 0 Å². The van der Waals surface area contributed by atoms with Crippen molar-refractivity contribution < 1.29 is 0 Å². The van der Waals surface area contributed by atoms with E-state index in [9.17, 15) is 0 Å². The van der Waals surface area contributed by atoms with Crippen molar-refractivity contribution in [1.29, 1.82) is 0 Å². The molecular weight excluding hydrogens is 497 g/mol. The standard InChI is InChI=1S/C37H32BN3/c1-4-26-15-13-21-30-35(26)39(25(2)3)32-23-14-24-33-34(32)38(30)37-36(40(33)27-16-7-5-8-17-27)29-20-11-12-22-31(29)41(37)28-18-9-6-10-19-28/h5-25H,4H2,1-3H3. The average molecular weight is 529 g/mol. The Kier molecular flexibility index (Phi) is 5.40. The summed E-state index contributed by atoms with van der Waals surface area (Å²) in [5.41, 5.74) is 14.4. The molecule has 1 aromatic heterocycles. The van der Waals surface area contributed by atoms with E-state index in [1.807, 2.05) is 0 Å². The zero-order valence-electron chi connectivity index (χ0n) is 23.8. The third kappa shape index (κ3) is 3.34. The van der Waals surface area contributed by atoms with Crippen molar-refractivity contribution in [2.24, 2.45) is 0 Å². The molecule has 0 saturated carbocycles. The quantitative estimate of drug-likeness (QED) is 0.221. The molecule has 4 heteroatoms. The third-order valence-corrected chi connectivity index (χ3v) is 8.86. The molecule has 198 valence electrons. The molecule has 0 N–H and O–H groups in total. The van der Waals surface area contributed by atoms with Gasteiger partial charge in [-0.2, -0.15) is 0 Å². The zero-order chi connectivity index (χ0) is 27.7. The first-order chi connectivity index (χ1) is 20.2. The van der Waals surface area contributed by atoms with Gasteiger partial charge in [-0.05, 0) is 79.2 Å². The maximum Gasteiger partial charge on any atom is 0.273 e. The number of hydrogen-bond acceptors (Lipinski definition) is 2. The lowest BCUT2D eigenvalue weighted by Crippen LogP contribution is -2.64. The van der Waals surface area contributed by atoms with Gasteiger partial charge in [-0.1, -0.05) is 85.8 Å². The normalized spacial score (nSPS) is 13.4. The van der Waals surface area contributed by atoms with Crippen LogP contribution in [0, 0.1) is 0 Å². The Hall–Kier alpha value is -4.70. The molecule has 2 aliphatic heterocycles. The van der Waals surface area contributed by atoms with Gasteiger partial charge in [0.1, 0.15) is 0 Å². The molecule has 0 amide bonds. The molecule has 0 aliphatic carbocycles. The third-order valence-electron chi connectivity index (χ3n) is 8.86. The van der Waals surface area contributed by atoms with E-state index in [-0.39, 0.29) is 6.71 Å². The zero-order valence-corrected chi connectivity index (χ0v) is 23.8. The van der Waals surface area contributed by atoms with Crippen LogP contribution in [0.25, 0.3) is 16.6 Å². The van der Waals surface area contributed by atoms with Crippen LogP contribution in [-0.4, -0.2) is 17.3 Å². The number of hydrogen-bond donors (Lipinski definition) is 0. The van der Waals surface area contributed by atoms with E-state index in [1.54, 1.807) is 0 Å². The Labute approximate surface area is 242 Å². The number of aromatic nitrogens is 1. The van der Waals surface area contributed by atoms with Gasteiger partial charge in [0.2, 0.25) is 0 Å². The molecule has 0 unspecified atom stereocenters. The number of anilines is 5. The molecule has 6 aromatic rings. The highest BCUT2D eigenvalue weighted by Crippen LogP contribution is 2.46. The van der Waals surface area contributed by atoms with Crippen molar-refractivity contribution in [3.05, 3.63) is 127 Å². The number of rotatable bonds is 4. The molecule has 5 aromatic carbocycles. The Bertz CT molecular complexity index is 1920. The Balaban J connectivity index is 1.58. The number of benzene rings is 5. The van der Waals surface area contributed by atoms with Crippen LogP contribution in [0.2, 0.25) is 0 Å². The monoisotopic (exact) mass is 529 g/mol. The minimum atomic E-state index is 0.0975. The van der Waals surface area contributed by atoms with Gasteiger partial charge in [0, 0.05) is 45.5 Å². The second kappa shape index (κ2) is 9.17. The van der Waals surface area contributed by atoms with Crippen LogP contribution in [0.15, 0.2) is 121 Å². The van der Waals surface area contributed by atoms with Gasteiger partial charge in [0.15, 0.2) is 0 Å². The first-order valence-electron chi connectivity index (χ1n) is 14.8. The van der Waals surface area contributed by atoms with E-state index >= 15 is 0 Å². The molecule has 0 fully saturated rings. The van der Waals surface area contributed by atoms with Crippen LogP contribution in [0.3, 0.4) is 0 Å². The second-order valence-corrected chi connectivity index (χ2v) is 11.4. The van der Waals surface area contributed by atoms with Crippen LogP contribution in [-0.2, 0) is 6.42 Å². The molecule has 0 radical (unpaired) electrons. The fraction of sp³-hybridized carbons (Fsp3) is 0.135. The highest BCUT2D eigenvalue weighted by molar-refractivity contribution is 7.00. The molecular formula is C37H32BN3. The van der Waals surface area contributed by atoms with Gasteiger partial charge in [-0.25, -0.2) is 0 Å². The highest BCUT2D eigenvalue weighted by Gasteiger charge is 2.46. The van der Waals surface area contributed by atoms with Gasteiger partial charge in [0.05, 0.1) is 11.2 Å². The molecule has 0 bridgehead atoms. The van der Waals surface area contributed by atoms with E-state index < -0.39 is 0 Å². The number of para-hydroxylation sites is 4. The van der Waals surface area contributed by atoms with Crippen LogP contribution < -0.4 is 26.3 Å². The number of fused-ring (bicyclic) bond motifs is 6. The van der Waals surface area contributed by atoms with Crippen molar-refractivity contribution >= 4 is 62.6 Å². The summed E-state index contributed by atoms with van der Waals surface area (Å²) in [6, 6.07) is 44.9. The lowest BCUT2D eigenvalue weighted by molar-refractivity contribution is 0.786. The summed E-state index contributed by atoms with van der Waals surface area (Å²) in [4.78, 5) is 5.10. The lowest BCUT2D eigenvalue weighted by atomic mass is 9.34. The van der Waals surface area contributed by atoms with E-state index in [0.29, 0.717) is 6.04 Å².